The lowest BCUT2D eigenvalue weighted by Gasteiger charge is -2.15. The largest absolute Gasteiger partial charge is 0.490 e. The molecule has 0 unspecified atom stereocenters. The van der Waals surface area contributed by atoms with Gasteiger partial charge in [-0.25, -0.2) is 0 Å². The normalized spacial score (nSPS) is 10.5. The molecule has 5 aromatic carbocycles. The van der Waals surface area contributed by atoms with E-state index in [0.29, 0.717) is 64.0 Å². The van der Waals surface area contributed by atoms with Crippen LogP contribution in [-0.2, 0) is 13.2 Å². The van der Waals surface area contributed by atoms with E-state index in [1.165, 1.54) is 0 Å². The van der Waals surface area contributed by atoms with E-state index >= 15 is 0 Å². The van der Waals surface area contributed by atoms with Crippen LogP contribution in [0.5, 0.6) is 34.5 Å². The molecule has 6 heteroatoms. The van der Waals surface area contributed by atoms with Gasteiger partial charge in [0.1, 0.15) is 13.2 Å². The van der Waals surface area contributed by atoms with E-state index in [-0.39, 0.29) is 0 Å². The topological polar surface area (TPSA) is 55.4 Å². The van der Waals surface area contributed by atoms with Crippen molar-refractivity contribution >= 4 is 0 Å². The molecule has 0 aliphatic carbocycles. The minimum Gasteiger partial charge on any atom is -0.490 e. The van der Waals surface area contributed by atoms with Gasteiger partial charge in [-0.05, 0) is 47.5 Å². The van der Waals surface area contributed by atoms with Gasteiger partial charge in [-0.15, -0.1) is 0 Å². The first-order valence-corrected chi connectivity index (χ1v) is 15.0. The maximum Gasteiger partial charge on any atom is 0.161 e. The molecule has 0 saturated heterocycles. The molecule has 0 aliphatic heterocycles. The van der Waals surface area contributed by atoms with Crippen LogP contribution in [0.25, 0.3) is 0 Å². The van der Waals surface area contributed by atoms with Crippen molar-refractivity contribution in [2.24, 2.45) is 0 Å². The Bertz CT molecular complexity index is 1410. The fourth-order valence-electron chi connectivity index (χ4n) is 4.38. The van der Waals surface area contributed by atoms with Crippen molar-refractivity contribution in [3.8, 4) is 34.5 Å². The van der Waals surface area contributed by atoms with Crippen molar-refractivity contribution in [3.05, 3.63) is 145 Å². The number of ether oxygens (including phenoxy) is 6. The minimum atomic E-state index is 0.490. The Morgan fingerprint density at radius 1 is 0.273 bits per heavy atom. The first kappa shape index (κ1) is 30.4. The second-order valence-corrected chi connectivity index (χ2v) is 9.99. The van der Waals surface area contributed by atoms with Crippen LogP contribution >= 0.6 is 0 Å². The van der Waals surface area contributed by atoms with Gasteiger partial charge in [-0.1, -0.05) is 97.1 Å². The van der Waals surface area contributed by atoms with Crippen molar-refractivity contribution in [3.63, 3.8) is 0 Å². The van der Waals surface area contributed by atoms with E-state index in [2.05, 4.69) is 0 Å². The van der Waals surface area contributed by atoms with E-state index < -0.39 is 0 Å². The molecule has 0 aliphatic rings. The molecule has 0 radical (unpaired) electrons. The zero-order valence-electron chi connectivity index (χ0n) is 24.8. The smallest absolute Gasteiger partial charge is 0.161 e. The lowest BCUT2D eigenvalue weighted by atomic mass is 10.2. The van der Waals surface area contributed by atoms with Gasteiger partial charge in [-0.3, -0.25) is 0 Å². The lowest BCUT2D eigenvalue weighted by Crippen LogP contribution is -2.08. The molecule has 0 atom stereocenters. The summed E-state index contributed by atoms with van der Waals surface area (Å²) in [4.78, 5) is 0. The first-order valence-electron chi connectivity index (χ1n) is 15.0. The van der Waals surface area contributed by atoms with Crippen LogP contribution in [0.4, 0.5) is 0 Å². The molecular weight excluding hydrogens is 552 g/mol. The maximum absolute atomic E-state index is 6.03. The molecule has 0 heterocycles. The van der Waals surface area contributed by atoms with Crippen LogP contribution < -0.4 is 28.4 Å². The van der Waals surface area contributed by atoms with Crippen molar-refractivity contribution in [1.82, 2.24) is 0 Å². The Labute approximate surface area is 259 Å². The lowest BCUT2D eigenvalue weighted by molar-refractivity contribution is 0.213. The zero-order chi connectivity index (χ0) is 30.1. The molecule has 0 N–H and O–H groups in total. The molecule has 0 fully saturated rings. The van der Waals surface area contributed by atoms with Gasteiger partial charge in [0.25, 0.3) is 0 Å². The summed E-state index contributed by atoms with van der Waals surface area (Å²) >= 11 is 0. The van der Waals surface area contributed by atoms with Crippen LogP contribution in [-0.4, -0.2) is 26.4 Å². The van der Waals surface area contributed by atoms with E-state index in [9.17, 15) is 0 Å². The molecule has 44 heavy (non-hydrogen) atoms. The SMILES string of the molecule is c1ccc(COc2ccccc2OCCCOc2ccccc2OCCCOc2ccccc2OCc2ccccc2)cc1. The molecule has 5 rings (SSSR count). The van der Waals surface area contributed by atoms with Crippen molar-refractivity contribution in [2.45, 2.75) is 26.1 Å². The van der Waals surface area contributed by atoms with E-state index in [4.69, 9.17) is 28.4 Å². The fraction of sp³-hybridized carbons (Fsp3) is 0.211. The highest BCUT2D eigenvalue weighted by atomic mass is 16.5. The van der Waals surface area contributed by atoms with Crippen molar-refractivity contribution in [2.75, 3.05) is 26.4 Å². The maximum atomic E-state index is 6.03. The van der Waals surface area contributed by atoms with Crippen LogP contribution in [0.2, 0.25) is 0 Å². The third-order valence-corrected chi connectivity index (χ3v) is 6.63. The highest BCUT2D eigenvalue weighted by Crippen LogP contribution is 2.30. The number of hydrogen-bond donors (Lipinski definition) is 0. The fourth-order valence-corrected chi connectivity index (χ4v) is 4.38. The van der Waals surface area contributed by atoms with E-state index in [0.717, 1.165) is 34.1 Å². The summed E-state index contributed by atoms with van der Waals surface area (Å²) in [5.74, 6) is 4.31. The number of rotatable bonds is 18. The number of benzene rings is 5. The van der Waals surface area contributed by atoms with E-state index in [1.54, 1.807) is 0 Å². The van der Waals surface area contributed by atoms with Crippen molar-refractivity contribution < 1.29 is 28.4 Å². The Morgan fingerprint density at radius 3 is 0.818 bits per heavy atom. The summed E-state index contributed by atoms with van der Waals surface area (Å²) in [5, 5.41) is 0. The molecule has 0 aromatic heterocycles. The van der Waals surface area contributed by atoms with Crippen LogP contribution in [0.15, 0.2) is 133 Å². The third-order valence-electron chi connectivity index (χ3n) is 6.63. The Balaban J connectivity index is 1.00. The second kappa shape index (κ2) is 17.1. The van der Waals surface area contributed by atoms with Gasteiger partial charge >= 0.3 is 0 Å². The zero-order valence-corrected chi connectivity index (χ0v) is 24.8. The molecule has 0 amide bonds. The second-order valence-electron chi connectivity index (χ2n) is 9.99. The average molecular weight is 591 g/mol. The van der Waals surface area contributed by atoms with Gasteiger partial charge in [-0.2, -0.15) is 0 Å². The quantitative estimate of drug-likeness (QED) is 0.0954. The van der Waals surface area contributed by atoms with Gasteiger partial charge in [0, 0.05) is 12.8 Å². The summed E-state index contributed by atoms with van der Waals surface area (Å²) in [6.45, 7) is 2.98. The Kier molecular flexibility index (Phi) is 11.8. The Hall–Kier alpha value is -5.10. The van der Waals surface area contributed by atoms with Gasteiger partial charge < -0.3 is 28.4 Å². The molecule has 226 valence electrons. The standard InChI is InChI=1S/C38H38O6/c1-3-15-31(16-4-1)29-43-37-23-11-9-21-35(37)41-27-13-25-39-33-19-7-8-20-34(33)40-26-14-28-42-36-22-10-12-24-38(36)44-30-32-17-5-2-6-18-32/h1-12,15-24H,13-14,25-30H2. The molecule has 0 bridgehead atoms. The monoisotopic (exact) mass is 590 g/mol. The predicted octanol–water partition coefficient (Wildman–Crippen LogP) is 8.54. The number of hydrogen-bond acceptors (Lipinski definition) is 6. The predicted molar refractivity (Wildman–Crippen MR) is 172 cm³/mol. The molecule has 0 spiro atoms. The molecule has 6 nitrogen and oxygen atoms in total. The number of para-hydroxylation sites is 6. The van der Waals surface area contributed by atoms with Crippen LogP contribution in [0.3, 0.4) is 0 Å². The molecular formula is C38H38O6. The van der Waals surface area contributed by atoms with E-state index in [1.807, 2.05) is 133 Å². The van der Waals surface area contributed by atoms with Crippen LogP contribution in [0.1, 0.15) is 24.0 Å². The average Bonchev–Trinajstić information content (AvgIpc) is 3.08. The van der Waals surface area contributed by atoms with Crippen LogP contribution in [0, 0.1) is 0 Å². The van der Waals surface area contributed by atoms with Gasteiger partial charge in [0.2, 0.25) is 0 Å². The Morgan fingerprint density at radius 2 is 0.523 bits per heavy atom. The van der Waals surface area contributed by atoms with Gasteiger partial charge in [0.15, 0.2) is 34.5 Å². The summed E-state index contributed by atoms with van der Waals surface area (Å²) in [7, 11) is 0. The highest BCUT2D eigenvalue weighted by Gasteiger charge is 2.08. The summed E-state index contributed by atoms with van der Waals surface area (Å²) < 4.78 is 36.1. The summed E-state index contributed by atoms with van der Waals surface area (Å²) in [6.07, 6.45) is 1.42. The summed E-state index contributed by atoms with van der Waals surface area (Å²) in [6, 6.07) is 43.3. The summed E-state index contributed by atoms with van der Waals surface area (Å²) in [5.41, 5.74) is 2.22. The molecule has 5 aromatic rings. The third kappa shape index (κ3) is 9.73. The first-order chi connectivity index (χ1) is 21.8. The molecule has 0 saturated carbocycles. The highest BCUT2D eigenvalue weighted by molar-refractivity contribution is 5.41. The minimum absolute atomic E-state index is 0.490. The van der Waals surface area contributed by atoms with Gasteiger partial charge in [0.05, 0.1) is 26.4 Å². The van der Waals surface area contributed by atoms with Crippen molar-refractivity contribution in [1.29, 1.82) is 0 Å².